The third-order valence-electron chi connectivity index (χ3n) is 6.58. The Morgan fingerprint density at radius 3 is 2.45 bits per heavy atom. The number of anilines is 1. The Hall–Kier alpha value is -4.56. The lowest BCUT2D eigenvalue weighted by atomic mass is 10.0. The van der Waals surface area contributed by atoms with Crippen LogP contribution in [0.5, 0.6) is 0 Å². The van der Waals surface area contributed by atoms with Gasteiger partial charge in [-0.3, -0.25) is 9.59 Å². The molecule has 1 saturated heterocycles. The van der Waals surface area contributed by atoms with Gasteiger partial charge in [0.15, 0.2) is 11.5 Å². The Kier molecular flexibility index (Phi) is 7.70. The van der Waals surface area contributed by atoms with Gasteiger partial charge < -0.3 is 21.7 Å². The van der Waals surface area contributed by atoms with Crippen molar-refractivity contribution in [3.8, 4) is 22.4 Å². The summed E-state index contributed by atoms with van der Waals surface area (Å²) in [6.07, 6.45) is 3.42. The van der Waals surface area contributed by atoms with Crippen molar-refractivity contribution in [3.05, 3.63) is 102 Å². The first-order valence-corrected chi connectivity index (χ1v) is 12.7. The second-order valence-electron chi connectivity index (χ2n) is 9.33. The number of aromatic nitrogens is 2. The van der Waals surface area contributed by atoms with Crippen molar-refractivity contribution in [2.24, 2.45) is 0 Å². The highest BCUT2D eigenvalue weighted by atomic mass is 16.2. The molecule has 8 heteroatoms. The van der Waals surface area contributed by atoms with E-state index < -0.39 is 0 Å². The molecule has 0 aliphatic carbocycles. The molecule has 4 aromatic rings. The van der Waals surface area contributed by atoms with Crippen LogP contribution in [0.15, 0.2) is 85.1 Å². The Morgan fingerprint density at radius 1 is 0.921 bits per heavy atom. The van der Waals surface area contributed by atoms with E-state index in [0.717, 1.165) is 36.1 Å². The van der Waals surface area contributed by atoms with Gasteiger partial charge in [0.1, 0.15) is 0 Å². The summed E-state index contributed by atoms with van der Waals surface area (Å²) in [7, 11) is 0. The van der Waals surface area contributed by atoms with E-state index in [-0.39, 0.29) is 29.4 Å². The number of hydrogen-bond donors (Lipinski definition) is 4. The summed E-state index contributed by atoms with van der Waals surface area (Å²) in [5, 5.41) is 9.22. The molecule has 2 amide bonds. The number of carbonyl (C=O) groups excluding carboxylic acids is 2. The molecule has 1 atom stereocenters. The lowest BCUT2D eigenvalue weighted by molar-refractivity contribution is 0.0923. The number of benzene rings is 3. The van der Waals surface area contributed by atoms with Gasteiger partial charge in [-0.05, 0) is 48.2 Å². The summed E-state index contributed by atoms with van der Waals surface area (Å²) < 4.78 is 0. The molecule has 0 radical (unpaired) electrons. The largest absolute Gasteiger partial charge is 0.382 e. The van der Waals surface area contributed by atoms with Crippen LogP contribution in [-0.2, 0) is 6.54 Å². The molecule has 1 aliphatic heterocycles. The summed E-state index contributed by atoms with van der Waals surface area (Å²) in [6, 6.07) is 25.4. The fourth-order valence-corrected chi connectivity index (χ4v) is 4.48. The minimum absolute atomic E-state index is 0.0303. The fraction of sp³-hybridized carbons (Fsp3) is 0.200. The Morgan fingerprint density at radius 2 is 1.68 bits per heavy atom. The third-order valence-corrected chi connectivity index (χ3v) is 6.58. The summed E-state index contributed by atoms with van der Waals surface area (Å²) in [6.45, 7) is 2.07. The van der Waals surface area contributed by atoms with Gasteiger partial charge in [-0.25, -0.2) is 9.97 Å². The zero-order valence-electron chi connectivity index (χ0n) is 21.0. The smallest absolute Gasteiger partial charge is 0.274 e. The van der Waals surface area contributed by atoms with Crippen molar-refractivity contribution in [2.45, 2.75) is 25.4 Å². The molecule has 5 rings (SSSR count). The molecule has 8 nitrogen and oxygen atoms in total. The summed E-state index contributed by atoms with van der Waals surface area (Å²) in [5.74, 6) is -0.481. The van der Waals surface area contributed by atoms with Gasteiger partial charge in [-0.1, -0.05) is 66.7 Å². The monoisotopic (exact) mass is 506 g/mol. The first kappa shape index (κ1) is 25.1. The lowest BCUT2D eigenvalue weighted by Crippen LogP contribution is -2.46. The molecule has 0 spiro atoms. The first-order valence-electron chi connectivity index (χ1n) is 12.7. The minimum Gasteiger partial charge on any atom is -0.382 e. The Balaban J connectivity index is 1.25. The highest BCUT2D eigenvalue weighted by molar-refractivity contribution is 5.97. The van der Waals surface area contributed by atoms with Crippen LogP contribution in [0.2, 0.25) is 0 Å². The van der Waals surface area contributed by atoms with Crippen LogP contribution in [0.4, 0.5) is 5.82 Å². The van der Waals surface area contributed by atoms with Gasteiger partial charge in [-0.15, -0.1) is 0 Å². The van der Waals surface area contributed by atoms with Gasteiger partial charge in [0.05, 0.1) is 11.9 Å². The van der Waals surface area contributed by atoms with Crippen molar-refractivity contribution in [1.29, 1.82) is 0 Å². The topological polar surface area (TPSA) is 122 Å². The molecule has 192 valence electrons. The van der Waals surface area contributed by atoms with Gasteiger partial charge in [0.2, 0.25) is 0 Å². The van der Waals surface area contributed by atoms with Crippen LogP contribution in [0.1, 0.15) is 39.3 Å². The molecule has 1 aromatic heterocycles. The second kappa shape index (κ2) is 11.7. The predicted octanol–water partition coefficient (Wildman–Crippen LogP) is 3.80. The number of amides is 2. The van der Waals surface area contributed by atoms with Crippen LogP contribution >= 0.6 is 0 Å². The molecule has 1 aliphatic rings. The molecular weight excluding hydrogens is 476 g/mol. The van der Waals surface area contributed by atoms with E-state index in [4.69, 9.17) is 5.73 Å². The van der Waals surface area contributed by atoms with Gasteiger partial charge >= 0.3 is 0 Å². The van der Waals surface area contributed by atoms with E-state index in [9.17, 15) is 9.59 Å². The van der Waals surface area contributed by atoms with Crippen LogP contribution in [0, 0.1) is 0 Å². The molecule has 1 fully saturated rings. The van der Waals surface area contributed by atoms with Crippen molar-refractivity contribution in [2.75, 3.05) is 18.8 Å². The van der Waals surface area contributed by atoms with Crippen LogP contribution in [0.25, 0.3) is 22.4 Å². The summed E-state index contributed by atoms with van der Waals surface area (Å²) >= 11 is 0. The Bertz CT molecular complexity index is 1420. The maximum atomic E-state index is 12.9. The number of nitrogen functional groups attached to an aromatic ring is 1. The predicted molar refractivity (Wildman–Crippen MR) is 148 cm³/mol. The molecule has 38 heavy (non-hydrogen) atoms. The first-order chi connectivity index (χ1) is 18.6. The quantitative estimate of drug-likeness (QED) is 0.302. The van der Waals surface area contributed by atoms with Crippen molar-refractivity contribution >= 4 is 17.6 Å². The van der Waals surface area contributed by atoms with Crippen molar-refractivity contribution in [3.63, 3.8) is 0 Å². The zero-order valence-corrected chi connectivity index (χ0v) is 21.0. The van der Waals surface area contributed by atoms with E-state index in [1.165, 1.54) is 6.20 Å². The average Bonchev–Trinajstić information content (AvgIpc) is 2.97. The SMILES string of the molecule is Nc1ncc(-c2cccc(C(=O)NCc3ccc(-c4ccccc4)cc3)c2)nc1C(=O)N[C@H]1CCCNC1. The molecule has 2 heterocycles. The van der Waals surface area contributed by atoms with E-state index in [2.05, 4.69) is 50.2 Å². The maximum Gasteiger partial charge on any atom is 0.274 e. The normalized spacial score (nSPS) is 15.0. The number of nitrogens with two attached hydrogens (primary N) is 1. The average molecular weight is 507 g/mol. The van der Waals surface area contributed by atoms with Crippen molar-refractivity contribution < 1.29 is 9.59 Å². The van der Waals surface area contributed by atoms with E-state index in [1.54, 1.807) is 18.2 Å². The molecular formula is C30H30N6O2. The molecule has 3 aromatic carbocycles. The maximum absolute atomic E-state index is 12.9. The highest BCUT2D eigenvalue weighted by Gasteiger charge is 2.20. The van der Waals surface area contributed by atoms with Crippen molar-refractivity contribution in [1.82, 2.24) is 25.9 Å². The number of hydrogen-bond acceptors (Lipinski definition) is 6. The zero-order chi connectivity index (χ0) is 26.3. The van der Waals surface area contributed by atoms with Crippen LogP contribution in [-0.4, -0.2) is 40.9 Å². The number of piperidine rings is 1. The molecule has 5 N–H and O–H groups in total. The number of nitrogens with one attached hydrogen (secondary N) is 3. The van der Waals surface area contributed by atoms with Gasteiger partial charge in [0, 0.05) is 30.3 Å². The lowest BCUT2D eigenvalue weighted by Gasteiger charge is -2.23. The van der Waals surface area contributed by atoms with Gasteiger partial charge in [-0.2, -0.15) is 0 Å². The Labute approximate surface area is 221 Å². The number of carbonyl (C=O) groups is 2. The third kappa shape index (κ3) is 6.04. The highest BCUT2D eigenvalue weighted by Crippen LogP contribution is 2.21. The van der Waals surface area contributed by atoms with E-state index in [0.29, 0.717) is 29.9 Å². The molecule has 0 saturated carbocycles. The molecule has 0 bridgehead atoms. The van der Waals surface area contributed by atoms with Crippen LogP contribution in [0.3, 0.4) is 0 Å². The van der Waals surface area contributed by atoms with E-state index >= 15 is 0 Å². The number of nitrogens with zero attached hydrogens (tertiary/aromatic N) is 2. The summed E-state index contributed by atoms with van der Waals surface area (Å²) in [5.41, 5.74) is 11.0. The summed E-state index contributed by atoms with van der Waals surface area (Å²) in [4.78, 5) is 34.4. The fourth-order valence-electron chi connectivity index (χ4n) is 4.48. The minimum atomic E-state index is -0.349. The standard InChI is InChI=1S/C30H30N6O2/c31-28-27(30(38)35-25-10-5-15-32-18-25)36-26(19-33-28)23-8-4-9-24(16-23)29(37)34-17-20-11-13-22(14-12-20)21-6-2-1-3-7-21/h1-4,6-9,11-14,16,19,25,32H,5,10,15,17-18H2,(H2,31,33)(H,34,37)(H,35,38)/t25-/m0/s1. The molecule has 0 unspecified atom stereocenters. The second-order valence-corrected chi connectivity index (χ2v) is 9.33. The van der Waals surface area contributed by atoms with E-state index in [1.807, 2.05) is 36.4 Å². The van der Waals surface area contributed by atoms with Gasteiger partial charge in [0.25, 0.3) is 11.8 Å². The number of rotatable bonds is 7. The van der Waals surface area contributed by atoms with Crippen LogP contribution < -0.4 is 21.7 Å².